The van der Waals surface area contributed by atoms with E-state index in [2.05, 4.69) is 20.7 Å². The van der Waals surface area contributed by atoms with Gasteiger partial charge in [0.2, 0.25) is 0 Å². The number of nitrogens with zero attached hydrogens (tertiary/aromatic N) is 6. The zero-order chi connectivity index (χ0) is 17.6. The van der Waals surface area contributed by atoms with Gasteiger partial charge in [-0.25, -0.2) is 4.68 Å². The van der Waals surface area contributed by atoms with Crippen molar-refractivity contribution in [2.75, 3.05) is 19.6 Å². The second kappa shape index (κ2) is 5.98. The van der Waals surface area contributed by atoms with Crippen molar-refractivity contribution >= 4 is 11.8 Å². The minimum atomic E-state index is -0.184. The van der Waals surface area contributed by atoms with E-state index in [0.717, 1.165) is 5.69 Å². The Balaban J connectivity index is 1.33. The molecule has 1 saturated carbocycles. The molecule has 4 rings (SSSR count). The molecule has 0 bridgehead atoms. The maximum atomic E-state index is 12.5. The van der Waals surface area contributed by atoms with Crippen LogP contribution in [0.5, 0.6) is 0 Å². The second-order valence-corrected chi connectivity index (χ2v) is 6.90. The Bertz CT molecular complexity index is 814. The van der Waals surface area contributed by atoms with Crippen molar-refractivity contribution < 1.29 is 9.59 Å². The molecule has 132 valence electrons. The summed E-state index contributed by atoms with van der Waals surface area (Å²) in [5.74, 6) is 0.401. The van der Waals surface area contributed by atoms with Crippen LogP contribution >= 0.6 is 0 Å². The van der Waals surface area contributed by atoms with Gasteiger partial charge in [-0.15, -0.1) is 5.10 Å². The van der Waals surface area contributed by atoms with Gasteiger partial charge in [-0.1, -0.05) is 5.21 Å². The first kappa shape index (κ1) is 15.8. The molecule has 25 heavy (non-hydrogen) atoms. The third kappa shape index (κ3) is 3.13. The number of aryl methyl sites for hydroxylation is 2. The molecule has 2 aromatic heterocycles. The SMILES string of the molecule is Cc1cc(C(=O)N2CC(n3cc(C(=O)NCC4CC4)nn3)C2)n(C)n1. The molecule has 2 amide bonds. The van der Waals surface area contributed by atoms with E-state index in [1.165, 1.54) is 12.8 Å². The van der Waals surface area contributed by atoms with E-state index in [9.17, 15) is 9.59 Å². The van der Waals surface area contributed by atoms with Crippen LogP contribution in [0, 0.1) is 12.8 Å². The molecule has 1 aliphatic heterocycles. The van der Waals surface area contributed by atoms with Gasteiger partial charge in [-0.3, -0.25) is 14.3 Å². The molecule has 0 radical (unpaired) electrons. The van der Waals surface area contributed by atoms with Crippen LogP contribution in [0.15, 0.2) is 12.3 Å². The quantitative estimate of drug-likeness (QED) is 0.834. The van der Waals surface area contributed by atoms with Crippen molar-refractivity contribution in [2.45, 2.75) is 25.8 Å². The van der Waals surface area contributed by atoms with Crippen molar-refractivity contribution in [3.63, 3.8) is 0 Å². The molecule has 2 aliphatic rings. The fraction of sp³-hybridized carbons (Fsp3) is 0.562. The van der Waals surface area contributed by atoms with E-state index in [1.807, 2.05) is 6.92 Å². The average molecular weight is 343 g/mol. The van der Waals surface area contributed by atoms with Gasteiger partial charge < -0.3 is 10.2 Å². The molecule has 0 aromatic carbocycles. The van der Waals surface area contributed by atoms with Gasteiger partial charge in [0.05, 0.1) is 17.9 Å². The fourth-order valence-electron chi connectivity index (χ4n) is 2.97. The summed E-state index contributed by atoms with van der Waals surface area (Å²) in [5, 5.41) is 15.1. The van der Waals surface area contributed by atoms with Gasteiger partial charge in [0.1, 0.15) is 5.69 Å². The molecular weight excluding hydrogens is 322 g/mol. The number of carbonyl (C=O) groups is 2. The summed E-state index contributed by atoms with van der Waals surface area (Å²) < 4.78 is 3.27. The third-order valence-electron chi connectivity index (χ3n) is 4.74. The van der Waals surface area contributed by atoms with E-state index in [0.29, 0.717) is 36.9 Å². The first-order valence-electron chi connectivity index (χ1n) is 8.51. The van der Waals surface area contributed by atoms with Gasteiger partial charge in [0.15, 0.2) is 5.69 Å². The van der Waals surface area contributed by atoms with Gasteiger partial charge in [0.25, 0.3) is 11.8 Å². The lowest BCUT2D eigenvalue weighted by Gasteiger charge is -2.38. The highest BCUT2D eigenvalue weighted by Crippen LogP contribution is 2.27. The second-order valence-electron chi connectivity index (χ2n) is 6.90. The number of carbonyl (C=O) groups excluding carboxylic acids is 2. The van der Waals surface area contributed by atoms with Crippen LogP contribution in [0.2, 0.25) is 0 Å². The van der Waals surface area contributed by atoms with Gasteiger partial charge in [-0.05, 0) is 31.7 Å². The van der Waals surface area contributed by atoms with Crippen molar-refractivity contribution in [3.05, 3.63) is 29.3 Å². The first-order chi connectivity index (χ1) is 12.0. The predicted molar refractivity (Wildman–Crippen MR) is 88.0 cm³/mol. The largest absolute Gasteiger partial charge is 0.350 e. The zero-order valence-corrected chi connectivity index (χ0v) is 14.3. The lowest BCUT2D eigenvalue weighted by Crippen LogP contribution is -2.51. The van der Waals surface area contributed by atoms with Crippen LogP contribution in [-0.4, -0.2) is 61.1 Å². The molecule has 2 aromatic rings. The topological polar surface area (TPSA) is 97.9 Å². The minimum absolute atomic E-state index is 0.0399. The van der Waals surface area contributed by atoms with Crippen molar-refractivity contribution in [1.29, 1.82) is 0 Å². The Kier molecular flexibility index (Phi) is 3.78. The predicted octanol–water partition coefficient (Wildman–Crippen LogP) is 0.157. The maximum Gasteiger partial charge on any atom is 0.273 e. The van der Waals surface area contributed by atoms with Crippen LogP contribution < -0.4 is 5.32 Å². The number of rotatable bonds is 5. The van der Waals surface area contributed by atoms with Crippen molar-refractivity contribution in [2.24, 2.45) is 13.0 Å². The molecule has 0 atom stereocenters. The van der Waals surface area contributed by atoms with E-state index in [1.54, 1.807) is 33.6 Å². The molecule has 2 fully saturated rings. The highest BCUT2D eigenvalue weighted by molar-refractivity contribution is 5.93. The summed E-state index contributed by atoms with van der Waals surface area (Å²) >= 11 is 0. The standard InChI is InChI=1S/C16H21N7O2/c1-10-5-14(21(2)19-10)16(25)22-7-12(8-22)23-9-13(18-20-23)15(24)17-6-11-3-4-11/h5,9,11-12H,3-4,6-8H2,1-2H3,(H,17,24). The normalized spacial score (nSPS) is 17.4. The Morgan fingerprint density at radius 2 is 2.08 bits per heavy atom. The maximum absolute atomic E-state index is 12.5. The molecule has 0 spiro atoms. The van der Waals surface area contributed by atoms with Gasteiger partial charge in [-0.2, -0.15) is 5.10 Å². The number of nitrogens with one attached hydrogen (secondary N) is 1. The molecule has 1 aliphatic carbocycles. The van der Waals surface area contributed by atoms with Crippen LogP contribution in [0.25, 0.3) is 0 Å². The van der Waals surface area contributed by atoms with Gasteiger partial charge in [0, 0.05) is 26.7 Å². The number of hydrogen-bond acceptors (Lipinski definition) is 5. The lowest BCUT2D eigenvalue weighted by molar-refractivity contribution is 0.0487. The van der Waals surface area contributed by atoms with Gasteiger partial charge >= 0.3 is 0 Å². The fourth-order valence-corrected chi connectivity index (χ4v) is 2.97. The smallest absolute Gasteiger partial charge is 0.273 e. The molecule has 9 heteroatoms. The molecule has 1 N–H and O–H groups in total. The number of aromatic nitrogens is 5. The van der Waals surface area contributed by atoms with Crippen LogP contribution in [-0.2, 0) is 7.05 Å². The highest BCUT2D eigenvalue weighted by Gasteiger charge is 2.34. The number of likely N-dealkylation sites (tertiary alicyclic amines) is 1. The number of amides is 2. The molecular formula is C16H21N7O2. The number of hydrogen-bond donors (Lipinski definition) is 1. The Labute approximate surface area is 145 Å². The highest BCUT2D eigenvalue weighted by atomic mass is 16.2. The summed E-state index contributed by atoms with van der Waals surface area (Å²) in [6.07, 6.45) is 4.03. The zero-order valence-electron chi connectivity index (χ0n) is 14.3. The summed E-state index contributed by atoms with van der Waals surface area (Å²) in [4.78, 5) is 26.2. The Morgan fingerprint density at radius 3 is 2.72 bits per heavy atom. The first-order valence-corrected chi connectivity index (χ1v) is 8.51. The molecule has 3 heterocycles. The molecule has 0 unspecified atom stereocenters. The monoisotopic (exact) mass is 343 g/mol. The Morgan fingerprint density at radius 1 is 1.32 bits per heavy atom. The third-order valence-corrected chi connectivity index (χ3v) is 4.74. The van der Waals surface area contributed by atoms with Crippen molar-refractivity contribution in [3.8, 4) is 0 Å². The average Bonchev–Trinajstić information content (AvgIpc) is 3.13. The molecule has 1 saturated heterocycles. The van der Waals surface area contributed by atoms with Crippen LogP contribution in [0.1, 0.15) is 45.6 Å². The minimum Gasteiger partial charge on any atom is -0.350 e. The Hall–Kier alpha value is -2.71. The van der Waals surface area contributed by atoms with Crippen molar-refractivity contribution in [1.82, 2.24) is 35.0 Å². The van der Waals surface area contributed by atoms with E-state index in [-0.39, 0.29) is 17.9 Å². The molecule has 9 nitrogen and oxygen atoms in total. The van der Waals surface area contributed by atoms with Crippen LogP contribution in [0.4, 0.5) is 0 Å². The summed E-state index contributed by atoms with van der Waals surface area (Å²) in [7, 11) is 1.77. The van der Waals surface area contributed by atoms with E-state index >= 15 is 0 Å². The van der Waals surface area contributed by atoms with E-state index < -0.39 is 0 Å². The lowest BCUT2D eigenvalue weighted by atomic mass is 10.1. The summed E-state index contributed by atoms with van der Waals surface area (Å²) in [6, 6.07) is 1.84. The summed E-state index contributed by atoms with van der Waals surface area (Å²) in [6.45, 7) is 3.67. The van der Waals surface area contributed by atoms with E-state index in [4.69, 9.17) is 0 Å². The summed E-state index contributed by atoms with van der Waals surface area (Å²) in [5.41, 5.74) is 1.73. The van der Waals surface area contributed by atoms with Crippen LogP contribution in [0.3, 0.4) is 0 Å².